The molecule has 13 rings (SSSR count). The van der Waals surface area contributed by atoms with Crippen molar-refractivity contribution in [3.8, 4) is 44.5 Å². The largest absolute Gasteiger partial charge is 0.456 e. The second-order valence-electron chi connectivity index (χ2n) is 15.2. The summed E-state index contributed by atoms with van der Waals surface area (Å²) in [7, 11) is 0. The lowest BCUT2D eigenvalue weighted by Crippen LogP contribution is -1.82. The summed E-state index contributed by atoms with van der Waals surface area (Å²) in [5, 5.41) is 8.41. The minimum Gasteiger partial charge on any atom is -0.456 e. The van der Waals surface area contributed by atoms with Crippen LogP contribution in [0.3, 0.4) is 0 Å². The maximum Gasteiger partial charge on any atom is 0.147 e. The molecule has 0 amide bonds. The molecule has 58 heavy (non-hydrogen) atoms. The molecule has 0 aliphatic carbocycles. The molecule has 0 saturated carbocycles. The van der Waals surface area contributed by atoms with Crippen LogP contribution in [0.25, 0.3) is 132 Å². The minimum atomic E-state index is 0.821. The smallest absolute Gasteiger partial charge is 0.147 e. The van der Waals surface area contributed by atoms with Gasteiger partial charge in [0.05, 0.1) is 10.8 Å². The van der Waals surface area contributed by atoms with Gasteiger partial charge in [-0.15, -0.1) is 0 Å². The van der Waals surface area contributed by atoms with Gasteiger partial charge in [-0.2, -0.15) is 0 Å². The summed E-state index contributed by atoms with van der Waals surface area (Å²) in [5.74, 6) is 0. The highest BCUT2D eigenvalue weighted by Crippen LogP contribution is 2.44. The number of rotatable bonds is 4. The van der Waals surface area contributed by atoms with Crippen molar-refractivity contribution in [2.24, 2.45) is 0 Å². The highest BCUT2D eigenvalue weighted by atomic mass is 16.4. The maximum atomic E-state index is 6.63. The normalized spacial score (nSPS) is 12.1. The molecule has 0 N–H and O–H groups in total. The van der Waals surface area contributed by atoms with Gasteiger partial charge in [-0.25, -0.2) is 0 Å². The van der Waals surface area contributed by atoms with Crippen molar-refractivity contribution in [1.29, 1.82) is 0 Å². The molecule has 0 aliphatic heterocycles. The monoisotopic (exact) mass is 742 g/mol. The summed E-state index contributed by atoms with van der Waals surface area (Å²) in [4.78, 5) is 0. The van der Waals surface area contributed by atoms with E-state index in [2.05, 4.69) is 170 Å². The van der Waals surface area contributed by atoms with Crippen LogP contribution >= 0.6 is 0 Å². The summed E-state index contributed by atoms with van der Waals surface area (Å²) in [6.07, 6.45) is 0. The Hall–Kier alpha value is -7.82. The molecule has 0 atom stereocenters. The summed E-state index contributed by atoms with van der Waals surface area (Å²) in [6.45, 7) is 0. The Morgan fingerprint density at radius 1 is 0.207 bits per heavy atom. The van der Waals surface area contributed by atoms with Crippen LogP contribution in [-0.2, 0) is 0 Å². The summed E-state index contributed by atoms with van der Waals surface area (Å²) < 4.78 is 25.9. The Balaban J connectivity index is 0.904. The van der Waals surface area contributed by atoms with E-state index in [4.69, 9.17) is 17.7 Å². The fourth-order valence-electron chi connectivity index (χ4n) is 9.05. The fourth-order valence-corrected chi connectivity index (χ4v) is 9.05. The van der Waals surface area contributed by atoms with Gasteiger partial charge in [0, 0.05) is 32.3 Å². The van der Waals surface area contributed by atoms with Gasteiger partial charge in [-0.05, 0) is 123 Å². The van der Waals surface area contributed by atoms with Crippen LogP contribution in [0.2, 0.25) is 0 Å². The van der Waals surface area contributed by atoms with Gasteiger partial charge in [0.15, 0.2) is 0 Å². The zero-order chi connectivity index (χ0) is 37.9. The molecule has 13 aromatic rings. The lowest BCUT2D eigenvalue weighted by molar-refractivity contribution is 0.662. The molecule has 0 radical (unpaired) electrons. The van der Waals surface area contributed by atoms with Crippen molar-refractivity contribution >= 4 is 87.8 Å². The molecule has 4 heteroatoms. The van der Waals surface area contributed by atoms with Gasteiger partial charge in [0.1, 0.15) is 44.7 Å². The van der Waals surface area contributed by atoms with E-state index in [1.54, 1.807) is 0 Å². The van der Waals surface area contributed by atoms with E-state index in [0.29, 0.717) is 0 Å². The summed E-state index contributed by atoms with van der Waals surface area (Å²) in [6, 6.07) is 63.8. The van der Waals surface area contributed by atoms with E-state index in [9.17, 15) is 0 Å². The van der Waals surface area contributed by atoms with E-state index in [0.717, 1.165) is 121 Å². The summed E-state index contributed by atoms with van der Waals surface area (Å²) in [5.41, 5.74) is 15.9. The second-order valence-corrected chi connectivity index (χ2v) is 15.2. The molecule has 0 saturated heterocycles. The predicted octanol–water partition coefficient (Wildman–Crippen LogP) is 16.0. The molecule has 9 aromatic carbocycles. The average molecular weight is 743 g/mol. The van der Waals surface area contributed by atoms with Gasteiger partial charge in [-0.3, -0.25) is 0 Å². The third kappa shape index (κ3) is 4.63. The van der Waals surface area contributed by atoms with Crippen LogP contribution in [0.15, 0.2) is 200 Å². The van der Waals surface area contributed by atoms with Crippen molar-refractivity contribution in [2.75, 3.05) is 0 Å². The standard InChI is InChI=1S/C54H30O4/c1-3-8-31(9-4-1)35-14-22-47-43(29-35)51-49(55-47)24-18-39-41-27-37(16-20-45(41)57-53(39)51)33-12-7-13-34(26-33)38-17-21-46-42(28-38)40-19-25-50-52(54(40)58-46)44-30-36(15-23-48(44)56-50)32-10-5-2-6-11-32/h1-30H. The number of benzene rings is 9. The first-order chi connectivity index (χ1) is 28.7. The molecular formula is C54H30O4. The maximum absolute atomic E-state index is 6.63. The minimum absolute atomic E-state index is 0.821. The van der Waals surface area contributed by atoms with Crippen LogP contribution in [0.1, 0.15) is 0 Å². The SMILES string of the molecule is c1ccc(-c2ccc3oc4ccc5c6cc(-c7cccc(-c8ccc9oc%10c(ccc%11oc%12ccc(-c%13ccccc%13)cc%12c%11%10)c9c8)c7)ccc6oc5c4c3c2)cc1. The molecule has 0 bridgehead atoms. The van der Waals surface area contributed by atoms with E-state index >= 15 is 0 Å². The van der Waals surface area contributed by atoms with Gasteiger partial charge >= 0.3 is 0 Å². The van der Waals surface area contributed by atoms with E-state index in [1.165, 1.54) is 11.1 Å². The highest BCUT2D eigenvalue weighted by molar-refractivity contribution is 6.24. The van der Waals surface area contributed by atoms with E-state index < -0.39 is 0 Å². The Labute approximate surface area is 330 Å². The van der Waals surface area contributed by atoms with E-state index in [-0.39, 0.29) is 0 Å². The number of hydrogen-bond donors (Lipinski definition) is 0. The Kier molecular flexibility index (Phi) is 6.41. The van der Waals surface area contributed by atoms with Crippen molar-refractivity contribution in [2.45, 2.75) is 0 Å². The lowest BCUT2D eigenvalue weighted by atomic mass is 9.96. The van der Waals surface area contributed by atoms with Crippen molar-refractivity contribution < 1.29 is 17.7 Å². The van der Waals surface area contributed by atoms with Gasteiger partial charge in [0.2, 0.25) is 0 Å². The van der Waals surface area contributed by atoms with Gasteiger partial charge < -0.3 is 17.7 Å². The molecule has 0 fully saturated rings. The Bertz CT molecular complexity index is 3540. The average Bonchev–Trinajstić information content (AvgIpc) is 4.05. The third-order valence-corrected chi connectivity index (χ3v) is 11.9. The molecular weight excluding hydrogens is 713 g/mol. The van der Waals surface area contributed by atoms with Crippen molar-refractivity contribution in [1.82, 2.24) is 0 Å². The zero-order valence-corrected chi connectivity index (χ0v) is 31.0. The molecule has 4 heterocycles. The van der Waals surface area contributed by atoms with Crippen LogP contribution in [-0.4, -0.2) is 0 Å². The Morgan fingerprint density at radius 2 is 0.552 bits per heavy atom. The molecule has 0 unspecified atom stereocenters. The Morgan fingerprint density at radius 3 is 1.00 bits per heavy atom. The quantitative estimate of drug-likeness (QED) is 0.180. The number of hydrogen-bond acceptors (Lipinski definition) is 4. The van der Waals surface area contributed by atoms with Gasteiger partial charge in [-0.1, -0.05) is 103 Å². The number of fused-ring (bicyclic) bond motifs is 14. The third-order valence-electron chi connectivity index (χ3n) is 11.9. The van der Waals surface area contributed by atoms with E-state index in [1.807, 2.05) is 12.1 Å². The van der Waals surface area contributed by atoms with Crippen molar-refractivity contribution in [3.63, 3.8) is 0 Å². The highest BCUT2D eigenvalue weighted by Gasteiger charge is 2.19. The molecule has 0 aliphatic rings. The fraction of sp³-hybridized carbons (Fsp3) is 0. The predicted molar refractivity (Wildman–Crippen MR) is 237 cm³/mol. The zero-order valence-electron chi connectivity index (χ0n) is 31.0. The molecule has 4 nitrogen and oxygen atoms in total. The summed E-state index contributed by atoms with van der Waals surface area (Å²) >= 11 is 0. The van der Waals surface area contributed by atoms with Crippen LogP contribution < -0.4 is 0 Å². The van der Waals surface area contributed by atoms with Gasteiger partial charge in [0.25, 0.3) is 0 Å². The lowest BCUT2D eigenvalue weighted by Gasteiger charge is -2.07. The van der Waals surface area contributed by atoms with Crippen LogP contribution in [0, 0.1) is 0 Å². The first-order valence-electron chi connectivity index (χ1n) is 19.5. The topological polar surface area (TPSA) is 52.6 Å². The second kappa shape index (κ2) is 11.8. The first kappa shape index (κ1) is 31.4. The molecule has 4 aromatic heterocycles. The van der Waals surface area contributed by atoms with Crippen LogP contribution in [0.4, 0.5) is 0 Å². The number of furan rings is 4. The van der Waals surface area contributed by atoms with Crippen LogP contribution in [0.5, 0.6) is 0 Å². The van der Waals surface area contributed by atoms with Crippen molar-refractivity contribution in [3.05, 3.63) is 182 Å². The first-order valence-corrected chi connectivity index (χ1v) is 19.5. The molecule has 0 spiro atoms. The molecule has 270 valence electrons.